The fraction of sp³-hybridized carbons (Fsp3) is 0.250. The summed E-state index contributed by atoms with van der Waals surface area (Å²) >= 11 is 5.41. The average Bonchev–Trinajstić information content (AvgIpc) is 2.04. The lowest BCUT2D eigenvalue weighted by molar-refractivity contribution is -0.138. The van der Waals surface area contributed by atoms with Crippen molar-refractivity contribution in [1.29, 1.82) is 0 Å². The molecule has 8 heteroatoms. The molecule has 0 N–H and O–H groups in total. The summed E-state index contributed by atoms with van der Waals surface area (Å²) in [6, 6.07) is 2.73. The van der Waals surface area contributed by atoms with Crippen molar-refractivity contribution >= 4 is 21.8 Å². The third kappa shape index (κ3) is 3.34. The molecular weight excluding hydrogens is 272 g/mol. The van der Waals surface area contributed by atoms with Gasteiger partial charge >= 0.3 is 16.4 Å². The highest BCUT2D eigenvalue weighted by Crippen LogP contribution is 2.35. The van der Waals surface area contributed by atoms with Gasteiger partial charge in [0.15, 0.2) is 0 Å². The van der Waals surface area contributed by atoms with Crippen LogP contribution in [0.5, 0.6) is 0 Å². The summed E-state index contributed by atoms with van der Waals surface area (Å²) in [5.41, 5.74) is -2.03. The van der Waals surface area contributed by atoms with Crippen molar-refractivity contribution in [2.45, 2.75) is 11.9 Å². The second-order valence-electron chi connectivity index (χ2n) is 2.95. The van der Waals surface area contributed by atoms with Gasteiger partial charge < -0.3 is 0 Å². The molecule has 1 aromatic carbocycles. The zero-order valence-corrected chi connectivity index (χ0v) is 9.13. The minimum absolute atomic E-state index is 0.434. The number of hydrogen-bond donors (Lipinski definition) is 0. The summed E-state index contributed by atoms with van der Waals surface area (Å²) in [6.45, 7) is 0. The molecule has 0 atom stereocenters. The number of alkyl halides is 3. The minimum Gasteiger partial charge on any atom is -0.194 e. The van der Waals surface area contributed by atoms with Crippen molar-refractivity contribution in [1.82, 2.24) is 0 Å². The van der Waals surface area contributed by atoms with E-state index >= 15 is 0 Å². The Kier molecular flexibility index (Phi) is 3.49. The molecule has 0 radical (unpaired) electrons. The van der Waals surface area contributed by atoms with Crippen molar-refractivity contribution in [3.63, 3.8) is 0 Å². The Labute approximate surface area is 94.0 Å². The Bertz CT molecular complexity index is 495. The van der Waals surface area contributed by atoms with E-state index in [1.165, 1.54) is 0 Å². The van der Waals surface area contributed by atoms with Crippen LogP contribution in [0, 0.1) is 0 Å². The molecular formula is C8H5ClF4O2S. The maximum Gasteiger partial charge on any atom is 0.416 e. The topological polar surface area (TPSA) is 34.1 Å². The van der Waals surface area contributed by atoms with Crippen molar-refractivity contribution in [2.75, 3.05) is 0 Å². The summed E-state index contributed by atoms with van der Waals surface area (Å²) < 4.78 is 70.3. The van der Waals surface area contributed by atoms with E-state index in [4.69, 9.17) is 11.6 Å². The number of halogens is 5. The molecule has 0 aliphatic rings. The van der Waals surface area contributed by atoms with Crippen LogP contribution in [0.2, 0.25) is 5.02 Å². The van der Waals surface area contributed by atoms with E-state index in [9.17, 15) is 25.5 Å². The third-order valence-electron chi connectivity index (χ3n) is 1.74. The maximum absolute atomic E-state index is 12.4. The van der Waals surface area contributed by atoms with Gasteiger partial charge in [0.05, 0.1) is 5.56 Å². The first-order valence-corrected chi connectivity index (χ1v) is 5.81. The monoisotopic (exact) mass is 276 g/mol. The second-order valence-corrected chi connectivity index (χ2v) is 4.72. The van der Waals surface area contributed by atoms with Crippen LogP contribution in [-0.4, -0.2) is 8.42 Å². The van der Waals surface area contributed by atoms with E-state index in [-0.39, 0.29) is 0 Å². The number of hydrogen-bond acceptors (Lipinski definition) is 2. The Morgan fingerprint density at radius 1 is 1.25 bits per heavy atom. The standard InChI is InChI=1S/C8H5ClF4O2S/c9-7-3-1-2-6(8(10,11)12)5(7)4-16(13,14)15/h1-3H,4H2. The molecule has 0 aliphatic carbocycles. The predicted octanol–water partition coefficient (Wildman–Crippen LogP) is 3.16. The molecule has 90 valence electrons. The molecule has 16 heavy (non-hydrogen) atoms. The molecule has 0 saturated heterocycles. The van der Waals surface area contributed by atoms with Crippen LogP contribution in [0.1, 0.15) is 11.1 Å². The lowest BCUT2D eigenvalue weighted by Gasteiger charge is -2.12. The van der Waals surface area contributed by atoms with Gasteiger partial charge in [0.2, 0.25) is 0 Å². The van der Waals surface area contributed by atoms with Gasteiger partial charge in [0.1, 0.15) is 5.75 Å². The fourth-order valence-corrected chi connectivity index (χ4v) is 2.12. The smallest absolute Gasteiger partial charge is 0.194 e. The van der Waals surface area contributed by atoms with Gasteiger partial charge in [-0.25, -0.2) is 0 Å². The van der Waals surface area contributed by atoms with Crippen molar-refractivity contribution < 1.29 is 25.5 Å². The lowest BCUT2D eigenvalue weighted by atomic mass is 10.1. The molecule has 0 fully saturated rings. The fourth-order valence-electron chi connectivity index (χ4n) is 1.14. The van der Waals surface area contributed by atoms with Crippen LogP contribution in [-0.2, 0) is 22.2 Å². The average molecular weight is 277 g/mol. The molecule has 0 heterocycles. The second kappa shape index (κ2) is 4.21. The van der Waals surface area contributed by atoms with Gasteiger partial charge in [-0.05, 0) is 12.1 Å². The Morgan fingerprint density at radius 2 is 1.81 bits per heavy atom. The molecule has 0 spiro atoms. The molecule has 0 aliphatic heterocycles. The summed E-state index contributed by atoms with van der Waals surface area (Å²) in [5, 5.41) is -0.434. The van der Waals surface area contributed by atoms with Crippen molar-refractivity contribution in [2.24, 2.45) is 0 Å². The Morgan fingerprint density at radius 3 is 2.25 bits per heavy atom. The molecule has 0 amide bonds. The highest BCUT2D eigenvalue weighted by Gasteiger charge is 2.35. The molecule has 0 aromatic heterocycles. The zero-order valence-electron chi connectivity index (χ0n) is 7.55. The quantitative estimate of drug-likeness (QED) is 0.614. The molecule has 1 aromatic rings. The first kappa shape index (κ1) is 13.2. The van der Waals surface area contributed by atoms with Gasteiger partial charge in [-0.3, -0.25) is 0 Å². The summed E-state index contributed by atoms with van der Waals surface area (Å²) in [7, 11) is -5.07. The summed E-state index contributed by atoms with van der Waals surface area (Å²) in [5.74, 6) is -1.39. The largest absolute Gasteiger partial charge is 0.416 e. The first-order chi connectivity index (χ1) is 7.11. The van der Waals surface area contributed by atoms with E-state index in [1.54, 1.807) is 0 Å². The molecule has 0 bridgehead atoms. The zero-order chi connectivity index (χ0) is 12.6. The normalized spacial score (nSPS) is 12.8. The van der Waals surface area contributed by atoms with E-state index in [1.807, 2.05) is 0 Å². The number of benzene rings is 1. The van der Waals surface area contributed by atoms with Crippen LogP contribution in [0.4, 0.5) is 17.1 Å². The summed E-state index contributed by atoms with van der Waals surface area (Å²) in [4.78, 5) is 0. The van der Waals surface area contributed by atoms with Crippen molar-refractivity contribution in [3.05, 3.63) is 34.3 Å². The SMILES string of the molecule is O=S(=O)(F)Cc1c(Cl)cccc1C(F)(F)F. The van der Waals surface area contributed by atoms with Gasteiger partial charge in [-0.1, -0.05) is 17.7 Å². The molecule has 0 saturated carbocycles. The van der Waals surface area contributed by atoms with Crippen LogP contribution in [0.25, 0.3) is 0 Å². The highest BCUT2D eigenvalue weighted by molar-refractivity contribution is 7.85. The highest BCUT2D eigenvalue weighted by atomic mass is 35.5. The van der Waals surface area contributed by atoms with E-state index in [2.05, 4.69) is 0 Å². The molecule has 1 rings (SSSR count). The molecule has 2 nitrogen and oxygen atoms in total. The Hall–Kier alpha value is -0.820. The van der Waals surface area contributed by atoms with Gasteiger partial charge in [0.25, 0.3) is 0 Å². The van der Waals surface area contributed by atoms with Crippen LogP contribution < -0.4 is 0 Å². The van der Waals surface area contributed by atoms with E-state index < -0.39 is 38.3 Å². The van der Waals surface area contributed by atoms with E-state index in [0.29, 0.717) is 6.07 Å². The first-order valence-electron chi connectivity index (χ1n) is 3.88. The minimum atomic E-state index is -5.07. The number of rotatable bonds is 2. The Balaban J connectivity index is 3.36. The third-order valence-corrected chi connectivity index (χ3v) is 2.73. The predicted molar refractivity (Wildman–Crippen MR) is 50.2 cm³/mol. The van der Waals surface area contributed by atoms with Crippen LogP contribution >= 0.6 is 11.6 Å². The van der Waals surface area contributed by atoms with Crippen molar-refractivity contribution in [3.8, 4) is 0 Å². The van der Waals surface area contributed by atoms with Gasteiger partial charge in [-0.2, -0.15) is 21.6 Å². The van der Waals surface area contributed by atoms with E-state index in [0.717, 1.165) is 12.1 Å². The summed E-state index contributed by atoms with van der Waals surface area (Å²) in [6.07, 6.45) is -4.77. The maximum atomic E-state index is 12.4. The van der Waals surface area contributed by atoms with Crippen LogP contribution in [0.15, 0.2) is 18.2 Å². The van der Waals surface area contributed by atoms with Gasteiger partial charge in [0, 0.05) is 10.6 Å². The van der Waals surface area contributed by atoms with Crippen LogP contribution in [0.3, 0.4) is 0 Å². The van der Waals surface area contributed by atoms with Gasteiger partial charge in [-0.15, -0.1) is 3.89 Å². The molecule has 0 unspecified atom stereocenters. The lowest BCUT2D eigenvalue weighted by Crippen LogP contribution is -2.11.